The molecule has 1 aromatic carbocycles. The van der Waals surface area contributed by atoms with Crippen molar-refractivity contribution in [1.29, 1.82) is 0 Å². The summed E-state index contributed by atoms with van der Waals surface area (Å²) in [4.78, 5) is 18.0. The fourth-order valence-electron chi connectivity index (χ4n) is 1.86. The van der Waals surface area contributed by atoms with Crippen LogP contribution in [0.5, 0.6) is 11.6 Å². The van der Waals surface area contributed by atoms with Crippen molar-refractivity contribution >= 4 is 11.5 Å². The molecule has 0 radical (unpaired) electrons. The second kappa shape index (κ2) is 5.70. The maximum absolute atomic E-state index is 13.8. The Bertz CT molecular complexity index is 691. The minimum Gasteiger partial charge on any atom is -0.428 e. The molecule has 1 aromatic heterocycles. The first-order valence-corrected chi connectivity index (χ1v) is 6.13. The van der Waals surface area contributed by atoms with Crippen LogP contribution in [0.25, 0.3) is 0 Å². The van der Waals surface area contributed by atoms with Crippen molar-refractivity contribution in [2.24, 2.45) is 0 Å². The number of nitrogens with two attached hydrogens (primary N) is 1. The van der Waals surface area contributed by atoms with Crippen molar-refractivity contribution in [2.75, 3.05) is 5.73 Å². The molecule has 0 bridgehead atoms. The van der Waals surface area contributed by atoms with Gasteiger partial charge in [-0.3, -0.25) is 10.1 Å². The van der Waals surface area contributed by atoms with E-state index in [1.807, 2.05) is 13.8 Å². The molecule has 0 saturated heterocycles. The fraction of sp³-hybridized carbons (Fsp3) is 0.231. The highest BCUT2D eigenvalue weighted by Crippen LogP contribution is 2.37. The predicted octanol–water partition coefficient (Wildman–Crippen LogP) is 3.02. The molecule has 0 aliphatic heterocycles. The van der Waals surface area contributed by atoms with E-state index < -0.39 is 22.2 Å². The average molecular weight is 292 g/mol. The number of anilines is 1. The van der Waals surface area contributed by atoms with E-state index in [-0.39, 0.29) is 17.6 Å². The Morgan fingerprint density at radius 3 is 2.71 bits per heavy atom. The number of nitrogen functional groups attached to an aromatic ring is 1. The molecule has 7 nitrogen and oxygen atoms in total. The molecule has 0 aliphatic carbocycles. The third-order valence-electron chi connectivity index (χ3n) is 2.80. The second-order valence-corrected chi connectivity index (χ2v) is 4.58. The van der Waals surface area contributed by atoms with Crippen molar-refractivity contribution in [1.82, 2.24) is 9.97 Å². The van der Waals surface area contributed by atoms with Crippen molar-refractivity contribution in [2.45, 2.75) is 19.8 Å². The first-order valence-electron chi connectivity index (χ1n) is 6.13. The van der Waals surface area contributed by atoms with E-state index in [4.69, 9.17) is 10.5 Å². The highest BCUT2D eigenvalue weighted by Gasteiger charge is 2.23. The third kappa shape index (κ3) is 2.88. The standard InChI is InChI=1S/C13H13FN4O3/c1-7(2)10-12(15)16-6-17-13(10)21-11-8(14)4-3-5-9(11)18(19)20/h3-7H,1-2H3,(H2,15,16,17). The molecule has 21 heavy (non-hydrogen) atoms. The van der Waals surface area contributed by atoms with Gasteiger partial charge in [-0.25, -0.2) is 14.4 Å². The monoisotopic (exact) mass is 292 g/mol. The summed E-state index contributed by atoms with van der Waals surface area (Å²) in [6.07, 6.45) is 1.16. The molecule has 0 fully saturated rings. The smallest absolute Gasteiger partial charge is 0.314 e. The van der Waals surface area contributed by atoms with Gasteiger partial charge in [0, 0.05) is 6.07 Å². The number of benzene rings is 1. The van der Waals surface area contributed by atoms with Gasteiger partial charge in [-0.1, -0.05) is 19.9 Å². The Morgan fingerprint density at radius 2 is 2.10 bits per heavy atom. The highest BCUT2D eigenvalue weighted by molar-refractivity contribution is 5.52. The number of hydrogen-bond acceptors (Lipinski definition) is 6. The Balaban J connectivity index is 2.54. The van der Waals surface area contributed by atoms with Crippen molar-refractivity contribution in [3.63, 3.8) is 0 Å². The lowest BCUT2D eigenvalue weighted by molar-refractivity contribution is -0.385. The lowest BCUT2D eigenvalue weighted by atomic mass is 10.1. The topological polar surface area (TPSA) is 104 Å². The van der Waals surface area contributed by atoms with Crippen molar-refractivity contribution in [3.05, 3.63) is 46.0 Å². The van der Waals surface area contributed by atoms with Gasteiger partial charge in [-0.15, -0.1) is 0 Å². The van der Waals surface area contributed by atoms with Gasteiger partial charge in [0.2, 0.25) is 11.6 Å². The number of nitrogens with zero attached hydrogens (tertiary/aromatic N) is 3. The van der Waals surface area contributed by atoms with Crippen LogP contribution in [0.4, 0.5) is 15.9 Å². The van der Waals surface area contributed by atoms with E-state index in [0.29, 0.717) is 5.56 Å². The molecule has 8 heteroatoms. The van der Waals surface area contributed by atoms with Crippen LogP contribution in [-0.2, 0) is 0 Å². The van der Waals surface area contributed by atoms with Crippen molar-refractivity contribution in [3.8, 4) is 11.6 Å². The fourth-order valence-corrected chi connectivity index (χ4v) is 1.86. The molecule has 0 aliphatic rings. The number of hydrogen-bond donors (Lipinski definition) is 1. The molecule has 2 rings (SSSR count). The van der Waals surface area contributed by atoms with Gasteiger partial charge >= 0.3 is 5.69 Å². The van der Waals surface area contributed by atoms with E-state index in [1.54, 1.807) is 0 Å². The van der Waals surface area contributed by atoms with E-state index in [2.05, 4.69) is 9.97 Å². The molecule has 0 saturated carbocycles. The SMILES string of the molecule is CC(C)c1c(N)ncnc1Oc1c(F)cccc1[N+](=O)[O-]. The molecule has 0 unspecified atom stereocenters. The van der Waals surface area contributed by atoms with Gasteiger partial charge in [-0.2, -0.15) is 0 Å². The number of rotatable bonds is 4. The number of nitro benzene ring substituents is 1. The predicted molar refractivity (Wildman–Crippen MR) is 73.7 cm³/mol. The molecule has 1 heterocycles. The third-order valence-corrected chi connectivity index (χ3v) is 2.80. The Kier molecular flexibility index (Phi) is 3.97. The van der Waals surface area contributed by atoms with Crippen LogP contribution >= 0.6 is 0 Å². The highest BCUT2D eigenvalue weighted by atomic mass is 19.1. The van der Waals surface area contributed by atoms with Gasteiger partial charge in [0.15, 0.2) is 5.82 Å². The minimum atomic E-state index is -0.851. The zero-order valence-electron chi connectivity index (χ0n) is 11.4. The number of halogens is 1. The van der Waals surface area contributed by atoms with Gasteiger partial charge in [-0.05, 0) is 12.0 Å². The average Bonchev–Trinajstić information content (AvgIpc) is 2.40. The first kappa shape index (κ1) is 14.6. The molecule has 2 N–H and O–H groups in total. The van der Waals surface area contributed by atoms with Crippen LogP contribution in [0.2, 0.25) is 0 Å². The van der Waals surface area contributed by atoms with Gasteiger partial charge in [0.05, 0.1) is 10.5 Å². The molecule has 0 spiro atoms. The van der Waals surface area contributed by atoms with E-state index >= 15 is 0 Å². The maximum atomic E-state index is 13.8. The lowest BCUT2D eigenvalue weighted by Gasteiger charge is -2.14. The van der Waals surface area contributed by atoms with Gasteiger partial charge in [0.25, 0.3) is 0 Å². The number of para-hydroxylation sites is 1. The van der Waals surface area contributed by atoms with Gasteiger partial charge in [0.1, 0.15) is 12.1 Å². The zero-order valence-corrected chi connectivity index (χ0v) is 11.4. The normalized spacial score (nSPS) is 10.7. The summed E-state index contributed by atoms with van der Waals surface area (Å²) < 4.78 is 19.2. The van der Waals surface area contributed by atoms with Crippen LogP contribution in [0.15, 0.2) is 24.5 Å². The number of ether oxygens (including phenoxy) is 1. The minimum absolute atomic E-state index is 0.00528. The maximum Gasteiger partial charge on any atom is 0.314 e. The van der Waals surface area contributed by atoms with Crippen LogP contribution in [-0.4, -0.2) is 14.9 Å². The summed E-state index contributed by atoms with van der Waals surface area (Å²) in [5.41, 5.74) is 5.74. The Hall–Kier alpha value is -2.77. The molecule has 0 amide bonds. The molecular weight excluding hydrogens is 279 g/mol. The van der Waals surface area contributed by atoms with Crippen LogP contribution in [0.3, 0.4) is 0 Å². The first-order chi connectivity index (χ1) is 9.91. The van der Waals surface area contributed by atoms with Crippen molar-refractivity contribution < 1.29 is 14.1 Å². The van der Waals surface area contributed by atoms with E-state index in [0.717, 1.165) is 18.5 Å². The van der Waals surface area contributed by atoms with Crippen LogP contribution in [0.1, 0.15) is 25.3 Å². The summed E-state index contributed by atoms with van der Waals surface area (Å²) in [6.45, 7) is 3.66. The molecule has 110 valence electrons. The summed E-state index contributed by atoms with van der Waals surface area (Å²) in [7, 11) is 0. The molecule has 0 atom stereocenters. The summed E-state index contributed by atoms with van der Waals surface area (Å²) >= 11 is 0. The zero-order chi connectivity index (χ0) is 15.6. The van der Waals surface area contributed by atoms with Crippen LogP contribution in [0, 0.1) is 15.9 Å². The summed E-state index contributed by atoms with van der Waals surface area (Å²) in [5, 5.41) is 11.0. The molecular formula is C13H13FN4O3. The quantitative estimate of drug-likeness (QED) is 0.686. The van der Waals surface area contributed by atoms with E-state index in [1.165, 1.54) is 6.07 Å². The number of aromatic nitrogens is 2. The van der Waals surface area contributed by atoms with Crippen LogP contribution < -0.4 is 10.5 Å². The molecule has 2 aromatic rings. The Labute approximate surface area is 119 Å². The summed E-state index contributed by atoms with van der Waals surface area (Å²) in [5.74, 6) is -1.25. The second-order valence-electron chi connectivity index (χ2n) is 4.58. The number of nitro groups is 1. The summed E-state index contributed by atoms with van der Waals surface area (Å²) in [6, 6.07) is 3.46. The van der Waals surface area contributed by atoms with E-state index in [9.17, 15) is 14.5 Å². The largest absolute Gasteiger partial charge is 0.428 e. The van der Waals surface area contributed by atoms with Gasteiger partial charge < -0.3 is 10.5 Å². The lowest BCUT2D eigenvalue weighted by Crippen LogP contribution is -2.05. The Morgan fingerprint density at radius 1 is 1.38 bits per heavy atom.